The molecule has 0 spiro atoms. The summed E-state index contributed by atoms with van der Waals surface area (Å²) in [5, 5.41) is 4.92. The highest BCUT2D eigenvalue weighted by molar-refractivity contribution is 9.10. The minimum absolute atomic E-state index is 0.178. The fourth-order valence-corrected chi connectivity index (χ4v) is 4.73. The molecule has 0 saturated carbocycles. The summed E-state index contributed by atoms with van der Waals surface area (Å²) >= 11 is 3.46. The fraction of sp³-hybridized carbons (Fsp3) is 0.125. The number of ether oxygens (including phenoxy) is 5. The molecule has 0 fully saturated rings. The van der Waals surface area contributed by atoms with Crippen LogP contribution in [0.4, 0.5) is 0 Å². The van der Waals surface area contributed by atoms with Crippen LogP contribution in [0.2, 0.25) is 0 Å². The van der Waals surface area contributed by atoms with Crippen LogP contribution in [0.3, 0.4) is 0 Å². The van der Waals surface area contributed by atoms with Gasteiger partial charge in [0, 0.05) is 15.6 Å². The number of aromatic nitrogens is 2. The molecule has 5 aromatic rings. The lowest BCUT2D eigenvalue weighted by Gasteiger charge is -2.14. The lowest BCUT2D eigenvalue weighted by molar-refractivity contribution is 0.0733. The van der Waals surface area contributed by atoms with Crippen LogP contribution >= 0.6 is 15.9 Å². The standard InChI is InChI=1S/C32H26BrN3O7/c1-39-23-12-9-19(10-13-23)30-35-25-8-6-5-7-24(25)31(37)36(30)34-18-21-15-22(33)11-14-26(21)43-32(38)20-16-27(40-2)29(42-4)28(17-20)41-3/h5-18H,1-4H3. The van der Waals surface area contributed by atoms with Crippen LogP contribution in [-0.4, -0.2) is 50.3 Å². The lowest BCUT2D eigenvalue weighted by atomic mass is 10.1. The first-order valence-electron chi connectivity index (χ1n) is 12.9. The van der Waals surface area contributed by atoms with Crippen LogP contribution in [0.5, 0.6) is 28.7 Å². The molecule has 10 nitrogen and oxygen atoms in total. The van der Waals surface area contributed by atoms with E-state index in [0.29, 0.717) is 55.3 Å². The molecule has 0 amide bonds. The molecule has 0 radical (unpaired) electrons. The maximum atomic E-state index is 13.6. The summed E-state index contributed by atoms with van der Waals surface area (Å²) in [6.45, 7) is 0. The van der Waals surface area contributed by atoms with Crippen molar-refractivity contribution in [1.82, 2.24) is 9.66 Å². The zero-order valence-corrected chi connectivity index (χ0v) is 25.2. The third-order valence-electron chi connectivity index (χ3n) is 6.49. The van der Waals surface area contributed by atoms with Crippen molar-refractivity contribution in [1.29, 1.82) is 0 Å². The number of methoxy groups -OCH3 is 4. The van der Waals surface area contributed by atoms with E-state index >= 15 is 0 Å². The van der Waals surface area contributed by atoms with Gasteiger partial charge in [0.25, 0.3) is 5.56 Å². The number of para-hydroxylation sites is 1. The summed E-state index contributed by atoms with van der Waals surface area (Å²) in [7, 11) is 5.97. The van der Waals surface area contributed by atoms with Gasteiger partial charge in [-0.2, -0.15) is 9.78 Å². The van der Waals surface area contributed by atoms with Gasteiger partial charge in [-0.05, 0) is 66.7 Å². The third kappa shape index (κ3) is 6.07. The van der Waals surface area contributed by atoms with E-state index in [0.717, 1.165) is 0 Å². The molecular formula is C32H26BrN3O7. The predicted molar refractivity (Wildman–Crippen MR) is 166 cm³/mol. The first-order valence-corrected chi connectivity index (χ1v) is 13.7. The van der Waals surface area contributed by atoms with Crippen LogP contribution in [-0.2, 0) is 0 Å². The predicted octanol–water partition coefficient (Wildman–Crippen LogP) is 5.96. The highest BCUT2D eigenvalue weighted by Gasteiger charge is 2.20. The number of carbonyl (C=O) groups excluding carboxylic acids is 1. The van der Waals surface area contributed by atoms with Crippen LogP contribution in [0.25, 0.3) is 22.3 Å². The number of benzene rings is 4. The first-order chi connectivity index (χ1) is 20.9. The minimum Gasteiger partial charge on any atom is -0.497 e. The maximum absolute atomic E-state index is 13.6. The summed E-state index contributed by atoms with van der Waals surface area (Å²) in [6.07, 6.45) is 1.44. The lowest BCUT2D eigenvalue weighted by Crippen LogP contribution is -2.20. The van der Waals surface area contributed by atoms with E-state index in [-0.39, 0.29) is 16.9 Å². The highest BCUT2D eigenvalue weighted by atomic mass is 79.9. The Morgan fingerprint density at radius 2 is 1.53 bits per heavy atom. The Hall–Kier alpha value is -5.16. The second-order valence-corrected chi connectivity index (χ2v) is 9.94. The summed E-state index contributed by atoms with van der Waals surface area (Å²) in [5.74, 6) is 1.49. The summed E-state index contributed by atoms with van der Waals surface area (Å²) in [5.41, 5.74) is 1.43. The molecule has 11 heteroatoms. The van der Waals surface area contributed by atoms with Gasteiger partial charge >= 0.3 is 5.97 Å². The van der Waals surface area contributed by atoms with Crippen molar-refractivity contribution >= 4 is 39.0 Å². The number of nitrogens with zero attached hydrogens (tertiary/aromatic N) is 3. The summed E-state index contributed by atoms with van der Waals surface area (Å²) < 4.78 is 29.0. The van der Waals surface area contributed by atoms with Crippen molar-refractivity contribution < 1.29 is 28.5 Å². The zero-order valence-electron chi connectivity index (χ0n) is 23.7. The zero-order chi connectivity index (χ0) is 30.5. The number of fused-ring (bicyclic) bond motifs is 1. The smallest absolute Gasteiger partial charge is 0.343 e. The van der Waals surface area contributed by atoms with Gasteiger partial charge in [-0.3, -0.25) is 4.79 Å². The van der Waals surface area contributed by atoms with Crippen molar-refractivity contribution in [3.63, 3.8) is 0 Å². The monoisotopic (exact) mass is 643 g/mol. The quantitative estimate of drug-likeness (QED) is 0.110. The van der Waals surface area contributed by atoms with Gasteiger partial charge < -0.3 is 23.7 Å². The molecule has 43 heavy (non-hydrogen) atoms. The Morgan fingerprint density at radius 1 is 0.837 bits per heavy atom. The molecule has 0 aliphatic heterocycles. The van der Waals surface area contributed by atoms with E-state index in [1.165, 1.54) is 44.4 Å². The average Bonchev–Trinajstić information content (AvgIpc) is 3.04. The number of rotatable bonds is 9. The van der Waals surface area contributed by atoms with Gasteiger partial charge in [-0.1, -0.05) is 28.1 Å². The van der Waals surface area contributed by atoms with Crippen molar-refractivity contribution in [2.24, 2.45) is 5.10 Å². The van der Waals surface area contributed by atoms with Crippen molar-refractivity contribution in [2.75, 3.05) is 28.4 Å². The Balaban J connectivity index is 1.56. The Morgan fingerprint density at radius 3 is 2.19 bits per heavy atom. The van der Waals surface area contributed by atoms with Gasteiger partial charge in [0.05, 0.1) is 51.1 Å². The van der Waals surface area contributed by atoms with Gasteiger partial charge in [-0.15, -0.1) is 0 Å². The second-order valence-electron chi connectivity index (χ2n) is 9.03. The van der Waals surface area contributed by atoms with Crippen molar-refractivity contribution in [3.8, 4) is 40.1 Å². The molecule has 0 atom stereocenters. The van der Waals surface area contributed by atoms with Gasteiger partial charge in [0.1, 0.15) is 11.5 Å². The molecular weight excluding hydrogens is 618 g/mol. The Labute approximate surface area is 255 Å². The first kappa shape index (κ1) is 29.3. The molecule has 4 aromatic carbocycles. The van der Waals surface area contributed by atoms with E-state index < -0.39 is 5.97 Å². The minimum atomic E-state index is -0.667. The molecule has 0 saturated heterocycles. The molecule has 5 rings (SSSR count). The average molecular weight is 644 g/mol. The largest absolute Gasteiger partial charge is 0.497 e. The maximum Gasteiger partial charge on any atom is 0.343 e. The van der Waals surface area contributed by atoms with Gasteiger partial charge in [-0.25, -0.2) is 9.78 Å². The number of esters is 1. The number of hydrogen-bond acceptors (Lipinski definition) is 9. The second kappa shape index (κ2) is 12.8. The van der Waals surface area contributed by atoms with Gasteiger partial charge in [0.2, 0.25) is 5.75 Å². The van der Waals surface area contributed by atoms with Crippen LogP contribution in [0.1, 0.15) is 15.9 Å². The van der Waals surface area contributed by atoms with E-state index in [4.69, 9.17) is 28.7 Å². The van der Waals surface area contributed by atoms with Crippen molar-refractivity contribution in [3.05, 3.63) is 105 Å². The SMILES string of the molecule is COc1ccc(-c2nc3ccccc3c(=O)n2N=Cc2cc(Br)ccc2OC(=O)c2cc(OC)c(OC)c(OC)c2)cc1. The Bertz CT molecular complexity index is 1880. The number of hydrogen-bond donors (Lipinski definition) is 0. The van der Waals surface area contributed by atoms with E-state index in [1.807, 2.05) is 6.07 Å². The van der Waals surface area contributed by atoms with Gasteiger partial charge in [0.15, 0.2) is 17.3 Å². The molecule has 0 aliphatic rings. The molecule has 218 valence electrons. The van der Waals surface area contributed by atoms with E-state index in [1.54, 1.807) is 67.8 Å². The molecule has 0 bridgehead atoms. The van der Waals surface area contributed by atoms with Crippen LogP contribution in [0, 0.1) is 0 Å². The number of halogens is 1. The fourth-order valence-electron chi connectivity index (χ4n) is 4.35. The van der Waals surface area contributed by atoms with Crippen LogP contribution < -0.4 is 29.2 Å². The third-order valence-corrected chi connectivity index (χ3v) is 6.98. The molecule has 0 aliphatic carbocycles. The topological polar surface area (TPSA) is 110 Å². The molecule has 1 aromatic heterocycles. The summed E-state index contributed by atoms with van der Waals surface area (Å²) in [6, 6.07) is 22.2. The van der Waals surface area contributed by atoms with E-state index in [9.17, 15) is 9.59 Å². The van der Waals surface area contributed by atoms with Crippen molar-refractivity contribution in [2.45, 2.75) is 0 Å². The highest BCUT2D eigenvalue weighted by Crippen LogP contribution is 2.38. The van der Waals surface area contributed by atoms with Crippen LogP contribution in [0.15, 0.2) is 93.2 Å². The molecule has 0 unspecified atom stereocenters. The molecule has 1 heterocycles. The van der Waals surface area contributed by atoms with E-state index in [2.05, 4.69) is 21.0 Å². The normalized spacial score (nSPS) is 11.0. The Kier molecular flexibility index (Phi) is 8.72. The number of carbonyl (C=O) groups is 1. The molecule has 0 N–H and O–H groups in total. The summed E-state index contributed by atoms with van der Waals surface area (Å²) in [4.78, 5) is 31.6.